The average Bonchev–Trinajstić information content (AvgIpc) is 2.65. The van der Waals surface area contributed by atoms with Gasteiger partial charge < -0.3 is 14.8 Å². The third-order valence-electron chi connectivity index (χ3n) is 7.10. The maximum absolute atomic E-state index is 13.7. The van der Waals surface area contributed by atoms with Gasteiger partial charge in [0.2, 0.25) is 0 Å². The van der Waals surface area contributed by atoms with E-state index in [1.54, 1.807) is 0 Å². The summed E-state index contributed by atoms with van der Waals surface area (Å²) < 4.78 is 23.6. The minimum absolute atomic E-state index is 0.0543. The minimum Gasteiger partial charge on any atom is -0.494 e. The summed E-state index contributed by atoms with van der Waals surface area (Å²) in [7, 11) is 1.35. The van der Waals surface area contributed by atoms with Crippen LogP contribution in [0, 0.1) is 29.0 Å². The second kappa shape index (κ2) is 7.37. The molecule has 0 unspecified atom stereocenters. The molecule has 0 radical (unpaired) electrons. The second-order valence-corrected chi connectivity index (χ2v) is 8.99. The number of amides is 1. The van der Waals surface area contributed by atoms with Crippen LogP contribution >= 0.6 is 0 Å². The van der Waals surface area contributed by atoms with Gasteiger partial charge >= 0.3 is 5.97 Å². The lowest BCUT2D eigenvalue weighted by atomic mass is 9.48. The molecule has 1 atom stereocenters. The van der Waals surface area contributed by atoms with Crippen LogP contribution in [0.25, 0.3) is 0 Å². The Morgan fingerprint density at radius 1 is 1.18 bits per heavy atom. The van der Waals surface area contributed by atoms with Gasteiger partial charge in [0.1, 0.15) is 0 Å². The molecule has 0 aromatic heterocycles. The third kappa shape index (κ3) is 3.61. The van der Waals surface area contributed by atoms with E-state index in [4.69, 9.17) is 9.47 Å². The molecule has 1 aromatic carbocycles. The van der Waals surface area contributed by atoms with Crippen molar-refractivity contribution in [2.24, 2.45) is 23.2 Å². The summed E-state index contributed by atoms with van der Waals surface area (Å²) in [6, 6.07) is 3.91. The van der Waals surface area contributed by atoms with Gasteiger partial charge in [-0.3, -0.25) is 4.79 Å². The van der Waals surface area contributed by atoms with Gasteiger partial charge in [-0.25, -0.2) is 9.18 Å². The van der Waals surface area contributed by atoms with E-state index in [0.29, 0.717) is 0 Å². The summed E-state index contributed by atoms with van der Waals surface area (Å²) in [6.07, 6.45) is 7.67. The molecule has 5 nitrogen and oxygen atoms in total. The zero-order valence-corrected chi connectivity index (χ0v) is 16.5. The number of methoxy groups -OCH3 is 1. The molecule has 1 N–H and O–H groups in total. The largest absolute Gasteiger partial charge is 0.494 e. The first-order chi connectivity index (χ1) is 13.4. The maximum Gasteiger partial charge on any atom is 0.338 e. The molecule has 4 aliphatic carbocycles. The van der Waals surface area contributed by atoms with Gasteiger partial charge in [0.15, 0.2) is 18.2 Å². The molecule has 0 aliphatic heterocycles. The molecule has 4 saturated carbocycles. The van der Waals surface area contributed by atoms with Crippen LogP contribution in [-0.2, 0) is 9.53 Å². The van der Waals surface area contributed by atoms with E-state index in [1.807, 2.05) is 0 Å². The summed E-state index contributed by atoms with van der Waals surface area (Å²) in [5, 5.41) is 3.06. The van der Waals surface area contributed by atoms with Crippen LogP contribution in [0.1, 0.15) is 55.8 Å². The average molecular weight is 389 g/mol. The first-order valence-corrected chi connectivity index (χ1v) is 10.2. The summed E-state index contributed by atoms with van der Waals surface area (Å²) in [5.41, 5.74) is 0.258. The molecule has 4 bridgehead atoms. The Hall–Kier alpha value is -2.11. The van der Waals surface area contributed by atoms with Crippen molar-refractivity contribution in [3.63, 3.8) is 0 Å². The third-order valence-corrected chi connectivity index (χ3v) is 7.10. The first-order valence-electron chi connectivity index (χ1n) is 10.2. The van der Waals surface area contributed by atoms with Crippen LogP contribution < -0.4 is 10.1 Å². The highest BCUT2D eigenvalue weighted by Crippen LogP contribution is 2.61. The zero-order valence-electron chi connectivity index (χ0n) is 16.5. The lowest BCUT2D eigenvalue weighted by molar-refractivity contribution is -0.128. The highest BCUT2D eigenvalue weighted by molar-refractivity contribution is 5.91. The highest BCUT2D eigenvalue weighted by atomic mass is 19.1. The lowest BCUT2D eigenvalue weighted by Crippen LogP contribution is -2.56. The van der Waals surface area contributed by atoms with Crippen molar-refractivity contribution in [3.8, 4) is 5.75 Å². The molecular weight excluding hydrogens is 361 g/mol. The molecule has 28 heavy (non-hydrogen) atoms. The fourth-order valence-corrected chi connectivity index (χ4v) is 6.15. The first kappa shape index (κ1) is 19.2. The topological polar surface area (TPSA) is 64.6 Å². The SMILES string of the molecule is COc1ccc(C(=O)OCC(=O)N[C@@H](C)C23CC4CC(CC(C4)C2)C3)cc1F. The number of hydrogen-bond donors (Lipinski definition) is 1. The predicted molar refractivity (Wildman–Crippen MR) is 101 cm³/mol. The summed E-state index contributed by atoms with van der Waals surface area (Å²) in [4.78, 5) is 24.5. The number of halogens is 1. The van der Waals surface area contributed by atoms with Crippen molar-refractivity contribution in [3.05, 3.63) is 29.6 Å². The van der Waals surface area contributed by atoms with E-state index in [0.717, 1.165) is 23.8 Å². The molecule has 6 heteroatoms. The number of benzene rings is 1. The second-order valence-electron chi connectivity index (χ2n) is 8.99. The van der Waals surface area contributed by atoms with Crippen molar-refractivity contribution < 1.29 is 23.5 Å². The lowest BCUT2D eigenvalue weighted by Gasteiger charge is -2.59. The van der Waals surface area contributed by atoms with Crippen molar-refractivity contribution in [2.75, 3.05) is 13.7 Å². The number of ether oxygens (including phenoxy) is 2. The zero-order chi connectivity index (χ0) is 19.9. The standard InChI is InChI=1S/C22H28FNO4/c1-13(22-9-14-5-15(10-22)7-16(6-14)11-22)24-20(25)12-28-21(26)17-3-4-19(27-2)18(23)8-17/h3-4,8,13-16H,5-7,9-12H2,1-2H3,(H,24,25)/t13-,14?,15?,16?,22?/m0/s1. The van der Waals surface area contributed by atoms with Gasteiger partial charge in [-0.2, -0.15) is 0 Å². The van der Waals surface area contributed by atoms with E-state index in [9.17, 15) is 14.0 Å². The van der Waals surface area contributed by atoms with Gasteiger partial charge in [0, 0.05) is 6.04 Å². The van der Waals surface area contributed by atoms with Crippen LogP contribution in [0.15, 0.2) is 18.2 Å². The maximum atomic E-state index is 13.7. The van der Waals surface area contributed by atoms with Crippen molar-refractivity contribution in [2.45, 2.75) is 51.5 Å². The predicted octanol–water partition coefficient (Wildman–Crippen LogP) is 3.71. The Balaban J connectivity index is 1.31. The number of hydrogen-bond acceptors (Lipinski definition) is 4. The molecule has 0 saturated heterocycles. The Morgan fingerprint density at radius 2 is 1.79 bits per heavy atom. The van der Waals surface area contributed by atoms with E-state index in [-0.39, 0.29) is 35.3 Å². The van der Waals surface area contributed by atoms with E-state index >= 15 is 0 Å². The number of esters is 1. The van der Waals surface area contributed by atoms with Crippen LogP contribution in [0.4, 0.5) is 4.39 Å². The van der Waals surface area contributed by atoms with E-state index < -0.39 is 11.8 Å². The van der Waals surface area contributed by atoms with Crippen LogP contribution in [-0.4, -0.2) is 31.6 Å². The van der Waals surface area contributed by atoms with Gasteiger partial charge in [-0.05, 0) is 86.8 Å². The number of carbonyl (C=O) groups excluding carboxylic acids is 2. The fraction of sp³-hybridized carbons (Fsp3) is 0.636. The van der Waals surface area contributed by atoms with Crippen molar-refractivity contribution >= 4 is 11.9 Å². The molecule has 1 aromatic rings. The summed E-state index contributed by atoms with van der Waals surface area (Å²) >= 11 is 0. The quantitative estimate of drug-likeness (QED) is 0.754. The smallest absolute Gasteiger partial charge is 0.338 e. The van der Waals surface area contributed by atoms with Crippen molar-refractivity contribution in [1.82, 2.24) is 5.32 Å². The molecule has 152 valence electrons. The molecule has 4 fully saturated rings. The fourth-order valence-electron chi connectivity index (χ4n) is 6.15. The molecule has 1 amide bonds. The summed E-state index contributed by atoms with van der Waals surface area (Å²) in [6.45, 7) is 1.73. The Morgan fingerprint density at radius 3 is 2.32 bits per heavy atom. The van der Waals surface area contributed by atoms with Gasteiger partial charge in [-0.15, -0.1) is 0 Å². The summed E-state index contributed by atoms with van der Waals surface area (Å²) in [5.74, 6) is 0.829. The Bertz CT molecular complexity index is 743. The normalized spacial score (nSPS) is 31.3. The molecule has 0 heterocycles. The Labute approximate surface area is 165 Å². The molecule has 0 spiro atoms. The number of carbonyl (C=O) groups is 2. The highest BCUT2D eigenvalue weighted by Gasteiger charge is 2.53. The number of nitrogens with one attached hydrogen (secondary N) is 1. The van der Waals surface area contributed by atoms with Crippen molar-refractivity contribution in [1.29, 1.82) is 0 Å². The Kier molecular flexibility index (Phi) is 5.06. The van der Waals surface area contributed by atoms with Gasteiger partial charge in [-0.1, -0.05) is 0 Å². The van der Waals surface area contributed by atoms with Gasteiger partial charge in [0.25, 0.3) is 5.91 Å². The molecular formula is C22H28FNO4. The van der Waals surface area contributed by atoms with Gasteiger partial charge in [0.05, 0.1) is 12.7 Å². The monoisotopic (exact) mass is 389 g/mol. The molecule has 5 rings (SSSR count). The van der Waals surface area contributed by atoms with E-state index in [1.165, 1.54) is 57.8 Å². The number of rotatable bonds is 6. The van der Waals surface area contributed by atoms with E-state index in [2.05, 4.69) is 12.2 Å². The molecule has 4 aliphatic rings. The van der Waals surface area contributed by atoms with Crippen LogP contribution in [0.5, 0.6) is 5.75 Å². The van der Waals surface area contributed by atoms with Crippen LogP contribution in [0.3, 0.4) is 0 Å². The van der Waals surface area contributed by atoms with Crippen LogP contribution in [0.2, 0.25) is 0 Å². The minimum atomic E-state index is -0.723.